The second-order valence-corrected chi connectivity index (χ2v) is 9.02. The molecule has 1 aliphatic heterocycles. The van der Waals surface area contributed by atoms with E-state index in [4.69, 9.17) is 0 Å². The summed E-state index contributed by atoms with van der Waals surface area (Å²) >= 11 is 0. The van der Waals surface area contributed by atoms with E-state index in [1.807, 2.05) is 0 Å². The SMILES string of the molecule is CC1CNC(C)CCN(C2C3(C)CCC(C3)C2(C)C)C1. The lowest BCUT2D eigenvalue weighted by Crippen LogP contribution is -2.56. The van der Waals surface area contributed by atoms with Crippen molar-refractivity contribution in [3.63, 3.8) is 0 Å². The highest BCUT2D eigenvalue weighted by Crippen LogP contribution is 2.64. The summed E-state index contributed by atoms with van der Waals surface area (Å²) in [5, 5.41) is 3.68. The normalized spacial score (nSPS) is 49.0. The molecule has 20 heavy (non-hydrogen) atoms. The molecule has 5 atom stereocenters. The maximum Gasteiger partial charge on any atom is 0.0203 e. The Morgan fingerprint density at radius 1 is 1.10 bits per heavy atom. The predicted octanol–water partition coefficient (Wildman–Crippen LogP) is 3.52. The average Bonchev–Trinajstić information content (AvgIpc) is 2.82. The van der Waals surface area contributed by atoms with Gasteiger partial charge >= 0.3 is 0 Å². The van der Waals surface area contributed by atoms with E-state index in [9.17, 15) is 0 Å². The molecule has 0 aromatic carbocycles. The first-order valence-corrected chi connectivity index (χ1v) is 8.80. The molecular formula is C18H34N2. The molecular weight excluding hydrogens is 244 g/mol. The van der Waals surface area contributed by atoms with E-state index in [0.717, 1.165) is 17.9 Å². The third-order valence-corrected chi connectivity index (χ3v) is 6.77. The quantitative estimate of drug-likeness (QED) is 0.789. The number of fused-ring (bicyclic) bond motifs is 2. The van der Waals surface area contributed by atoms with E-state index in [1.165, 1.54) is 45.3 Å². The van der Waals surface area contributed by atoms with Crippen molar-refractivity contribution in [2.75, 3.05) is 19.6 Å². The van der Waals surface area contributed by atoms with E-state index in [2.05, 4.69) is 44.8 Å². The lowest BCUT2D eigenvalue weighted by atomic mass is 9.67. The zero-order valence-corrected chi connectivity index (χ0v) is 14.2. The molecule has 3 aliphatic rings. The zero-order chi connectivity index (χ0) is 14.5. The maximum atomic E-state index is 3.68. The third kappa shape index (κ3) is 2.33. The van der Waals surface area contributed by atoms with Gasteiger partial charge in [-0.15, -0.1) is 0 Å². The van der Waals surface area contributed by atoms with Gasteiger partial charge in [0, 0.05) is 18.6 Å². The summed E-state index contributed by atoms with van der Waals surface area (Å²) in [5.74, 6) is 1.74. The number of hydrogen-bond donors (Lipinski definition) is 1. The van der Waals surface area contributed by atoms with Crippen LogP contribution in [-0.2, 0) is 0 Å². The minimum atomic E-state index is 0.516. The molecule has 3 fully saturated rings. The molecule has 0 aromatic rings. The van der Waals surface area contributed by atoms with Gasteiger partial charge < -0.3 is 5.32 Å². The van der Waals surface area contributed by atoms with Crippen LogP contribution >= 0.6 is 0 Å². The topological polar surface area (TPSA) is 15.3 Å². The largest absolute Gasteiger partial charge is 0.314 e. The maximum absolute atomic E-state index is 3.68. The molecule has 0 spiro atoms. The Labute approximate surface area is 125 Å². The van der Waals surface area contributed by atoms with Gasteiger partial charge in [-0.2, -0.15) is 0 Å². The van der Waals surface area contributed by atoms with Crippen molar-refractivity contribution in [2.45, 2.75) is 72.4 Å². The van der Waals surface area contributed by atoms with Crippen LogP contribution in [0.5, 0.6) is 0 Å². The van der Waals surface area contributed by atoms with Crippen molar-refractivity contribution in [3.05, 3.63) is 0 Å². The number of rotatable bonds is 1. The van der Waals surface area contributed by atoms with E-state index >= 15 is 0 Å². The highest BCUT2D eigenvalue weighted by atomic mass is 15.2. The van der Waals surface area contributed by atoms with Crippen LogP contribution in [-0.4, -0.2) is 36.6 Å². The molecule has 2 aliphatic carbocycles. The van der Waals surface area contributed by atoms with Gasteiger partial charge in [-0.3, -0.25) is 4.90 Å². The van der Waals surface area contributed by atoms with Crippen molar-refractivity contribution in [1.82, 2.24) is 10.2 Å². The van der Waals surface area contributed by atoms with Gasteiger partial charge in [-0.1, -0.05) is 27.7 Å². The van der Waals surface area contributed by atoms with Crippen LogP contribution in [0.25, 0.3) is 0 Å². The second kappa shape index (κ2) is 4.98. The molecule has 116 valence electrons. The minimum Gasteiger partial charge on any atom is -0.314 e. The highest BCUT2D eigenvalue weighted by Gasteiger charge is 2.60. The van der Waals surface area contributed by atoms with Crippen LogP contribution in [0.2, 0.25) is 0 Å². The van der Waals surface area contributed by atoms with E-state index in [0.29, 0.717) is 16.9 Å². The van der Waals surface area contributed by atoms with Gasteiger partial charge in [0.15, 0.2) is 0 Å². The molecule has 2 nitrogen and oxygen atoms in total. The first kappa shape index (κ1) is 14.8. The second-order valence-electron chi connectivity index (χ2n) is 9.02. The van der Waals surface area contributed by atoms with Crippen LogP contribution in [0.3, 0.4) is 0 Å². The van der Waals surface area contributed by atoms with Crippen molar-refractivity contribution < 1.29 is 0 Å². The molecule has 1 saturated heterocycles. The third-order valence-electron chi connectivity index (χ3n) is 6.77. The van der Waals surface area contributed by atoms with Crippen LogP contribution in [0.1, 0.15) is 60.3 Å². The van der Waals surface area contributed by atoms with Gasteiger partial charge in [0.05, 0.1) is 0 Å². The summed E-state index contributed by atoms with van der Waals surface area (Å²) in [5.41, 5.74) is 1.10. The van der Waals surface area contributed by atoms with Crippen LogP contribution < -0.4 is 5.32 Å². The number of nitrogens with one attached hydrogen (secondary N) is 1. The van der Waals surface area contributed by atoms with Crippen LogP contribution in [0, 0.1) is 22.7 Å². The van der Waals surface area contributed by atoms with Crippen LogP contribution in [0.4, 0.5) is 0 Å². The summed E-state index contributed by atoms with van der Waals surface area (Å²) in [6.07, 6.45) is 5.72. The molecule has 3 rings (SSSR count). The number of hydrogen-bond acceptors (Lipinski definition) is 2. The molecule has 0 radical (unpaired) electrons. The smallest absolute Gasteiger partial charge is 0.0203 e. The zero-order valence-electron chi connectivity index (χ0n) is 14.2. The molecule has 1 heterocycles. The number of nitrogens with zero attached hydrogens (tertiary/aromatic N) is 1. The molecule has 2 saturated carbocycles. The van der Waals surface area contributed by atoms with Crippen LogP contribution in [0.15, 0.2) is 0 Å². The standard InChI is InChI=1S/C18H34N2/c1-13-11-19-14(2)7-9-20(12-13)16-17(3,4)15-6-8-18(16,5)10-15/h13-16,19H,6-12H2,1-5H3. The molecule has 0 aromatic heterocycles. The Bertz CT molecular complexity index is 360. The summed E-state index contributed by atoms with van der Waals surface area (Å²) in [6, 6.07) is 1.48. The van der Waals surface area contributed by atoms with Crippen molar-refractivity contribution in [3.8, 4) is 0 Å². The molecule has 5 unspecified atom stereocenters. The fourth-order valence-electron chi connectivity index (χ4n) is 5.84. The molecule has 1 N–H and O–H groups in total. The summed E-state index contributed by atoms with van der Waals surface area (Å²) in [7, 11) is 0. The lowest BCUT2D eigenvalue weighted by Gasteiger charge is -2.50. The molecule has 0 amide bonds. The monoisotopic (exact) mass is 278 g/mol. The Hall–Kier alpha value is -0.0800. The van der Waals surface area contributed by atoms with Gasteiger partial charge in [0.25, 0.3) is 0 Å². The van der Waals surface area contributed by atoms with Crippen molar-refractivity contribution in [2.24, 2.45) is 22.7 Å². The van der Waals surface area contributed by atoms with E-state index in [-0.39, 0.29) is 0 Å². The molecule has 2 bridgehead atoms. The Kier molecular flexibility index (Phi) is 3.70. The van der Waals surface area contributed by atoms with Crippen molar-refractivity contribution >= 4 is 0 Å². The first-order chi connectivity index (χ1) is 9.33. The molecule has 2 heteroatoms. The van der Waals surface area contributed by atoms with Gasteiger partial charge in [-0.05, 0) is 68.4 Å². The predicted molar refractivity (Wildman–Crippen MR) is 85.8 cm³/mol. The minimum absolute atomic E-state index is 0.516. The van der Waals surface area contributed by atoms with Gasteiger partial charge in [-0.25, -0.2) is 0 Å². The fraction of sp³-hybridized carbons (Fsp3) is 1.00. The highest BCUT2D eigenvalue weighted by molar-refractivity contribution is 5.12. The van der Waals surface area contributed by atoms with E-state index < -0.39 is 0 Å². The summed E-state index contributed by atoms with van der Waals surface area (Å²) in [4.78, 5) is 2.89. The van der Waals surface area contributed by atoms with Gasteiger partial charge in [0.1, 0.15) is 0 Å². The van der Waals surface area contributed by atoms with Crippen molar-refractivity contribution in [1.29, 1.82) is 0 Å². The lowest BCUT2D eigenvalue weighted by molar-refractivity contribution is -0.00897. The Morgan fingerprint density at radius 2 is 1.85 bits per heavy atom. The summed E-state index contributed by atoms with van der Waals surface area (Å²) in [6.45, 7) is 16.2. The average molecular weight is 278 g/mol. The Balaban J connectivity index is 1.82. The van der Waals surface area contributed by atoms with E-state index in [1.54, 1.807) is 0 Å². The fourth-order valence-corrected chi connectivity index (χ4v) is 5.84. The Morgan fingerprint density at radius 3 is 2.50 bits per heavy atom. The van der Waals surface area contributed by atoms with Gasteiger partial charge in [0.2, 0.25) is 0 Å². The first-order valence-electron chi connectivity index (χ1n) is 8.80. The summed E-state index contributed by atoms with van der Waals surface area (Å²) < 4.78 is 0.